The number of imide groups is 1. The fraction of sp³-hybridized carbons (Fsp3) is 0.214. The Morgan fingerprint density at radius 1 is 1.07 bits per heavy atom. The predicted molar refractivity (Wildman–Crippen MR) is 156 cm³/mol. The number of carbonyl (C=O) groups excluding carboxylic acids is 3. The van der Waals surface area contributed by atoms with E-state index in [1.165, 1.54) is 24.0 Å². The molecule has 1 aliphatic rings. The van der Waals surface area contributed by atoms with Gasteiger partial charge in [-0.1, -0.05) is 12.1 Å². The van der Waals surface area contributed by atoms with E-state index in [4.69, 9.17) is 0 Å². The van der Waals surface area contributed by atoms with Crippen LogP contribution in [-0.4, -0.2) is 51.6 Å². The monoisotopic (exact) mass is 571 g/mol. The van der Waals surface area contributed by atoms with E-state index in [0.29, 0.717) is 57.9 Å². The average molecular weight is 572 g/mol. The molecule has 12 nitrogen and oxygen atoms in total. The Bertz CT molecular complexity index is 1680. The van der Waals surface area contributed by atoms with Crippen LogP contribution in [0.3, 0.4) is 0 Å². The lowest BCUT2D eigenvalue weighted by Crippen LogP contribution is -2.33. The van der Waals surface area contributed by atoms with Crippen LogP contribution in [0.2, 0.25) is 0 Å². The Labute approximate surface area is 238 Å². The van der Waals surface area contributed by atoms with Crippen LogP contribution >= 0.6 is 11.5 Å². The van der Waals surface area contributed by atoms with Crippen LogP contribution in [0.25, 0.3) is 10.9 Å². The summed E-state index contributed by atoms with van der Waals surface area (Å²) >= 11 is 1.07. The van der Waals surface area contributed by atoms with Crippen LogP contribution in [0.15, 0.2) is 70.9 Å². The number of nitrogens with zero attached hydrogens (tertiary/aromatic N) is 6. The van der Waals surface area contributed by atoms with E-state index in [-0.39, 0.29) is 30.0 Å². The summed E-state index contributed by atoms with van der Waals surface area (Å²) in [6.07, 6.45) is 0.556. The van der Waals surface area contributed by atoms with Crippen molar-refractivity contribution in [2.45, 2.75) is 20.3 Å². The fourth-order valence-electron chi connectivity index (χ4n) is 4.63. The van der Waals surface area contributed by atoms with Gasteiger partial charge in [0, 0.05) is 49.8 Å². The van der Waals surface area contributed by atoms with E-state index in [9.17, 15) is 24.5 Å². The maximum atomic E-state index is 12.7. The third-order valence-electron chi connectivity index (χ3n) is 6.63. The van der Waals surface area contributed by atoms with Crippen LogP contribution in [-0.2, 0) is 4.79 Å². The number of nitro benzene ring substituents is 1. The minimum atomic E-state index is -0.481. The first kappa shape index (κ1) is 27.5. The molecule has 1 aromatic heterocycles. The highest BCUT2D eigenvalue weighted by atomic mass is 32.1. The van der Waals surface area contributed by atoms with E-state index < -0.39 is 4.92 Å². The first-order valence-corrected chi connectivity index (χ1v) is 13.6. The first-order chi connectivity index (χ1) is 19.8. The quantitative estimate of drug-likeness (QED) is 0.105. The van der Waals surface area contributed by atoms with Gasteiger partial charge in [0.1, 0.15) is 5.69 Å². The number of amides is 3. The highest BCUT2D eigenvalue weighted by Crippen LogP contribution is 2.36. The molecule has 0 spiro atoms. The predicted octanol–water partition coefficient (Wildman–Crippen LogP) is 6.09. The SMILES string of the molecule is CCN(CCCN1C(=O)c2ccccc2C1=O)c1ccc(/N=N/c2snc3ccc([N+](=O)[O-])cc23)c(NC(C)=O)c1. The summed E-state index contributed by atoms with van der Waals surface area (Å²) in [7, 11) is 0. The maximum Gasteiger partial charge on any atom is 0.270 e. The molecule has 4 aromatic rings. The summed E-state index contributed by atoms with van der Waals surface area (Å²) in [6, 6.07) is 16.5. The topological polar surface area (TPSA) is 150 Å². The van der Waals surface area contributed by atoms with Crippen LogP contribution in [0.5, 0.6) is 0 Å². The van der Waals surface area contributed by atoms with Gasteiger partial charge >= 0.3 is 0 Å². The van der Waals surface area contributed by atoms with Gasteiger partial charge in [-0.2, -0.15) is 4.37 Å². The van der Waals surface area contributed by atoms with Crippen LogP contribution in [0.1, 0.15) is 41.0 Å². The number of benzene rings is 3. The molecule has 5 rings (SSSR count). The molecule has 0 fully saturated rings. The van der Waals surface area contributed by atoms with Crippen molar-refractivity contribution in [2.75, 3.05) is 29.9 Å². The standard InChI is InChI=1S/C28H25N7O5S/c1-3-33(13-6-14-34-27(37)20-7-4-5-8-21(20)28(34)38)18-9-12-24(25(16-18)29-17(2)36)30-31-26-22-15-19(35(39)40)10-11-23(22)32-41-26/h4-5,7-12,15-16H,3,6,13-14H2,1-2H3,(H,29,36)/b31-30+. The van der Waals surface area contributed by atoms with Crippen molar-refractivity contribution < 1.29 is 19.3 Å². The molecule has 2 heterocycles. The summed E-state index contributed by atoms with van der Waals surface area (Å²) < 4.78 is 4.27. The minimum Gasteiger partial charge on any atom is -0.372 e. The summed E-state index contributed by atoms with van der Waals surface area (Å²) in [4.78, 5) is 51.4. The number of carbonyl (C=O) groups is 3. The van der Waals surface area contributed by atoms with Gasteiger partial charge in [0.15, 0.2) is 5.00 Å². The smallest absolute Gasteiger partial charge is 0.270 e. The highest BCUT2D eigenvalue weighted by molar-refractivity contribution is 7.11. The lowest BCUT2D eigenvalue weighted by atomic mass is 10.1. The molecule has 13 heteroatoms. The second kappa shape index (κ2) is 11.6. The van der Waals surface area contributed by atoms with Crippen LogP contribution in [0, 0.1) is 10.1 Å². The molecular weight excluding hydrogens is 546 g/mol. The second-order valence-corrected chi connectivity index (χ2v) is 10.0. The molecule has 0 saturated carbocycles. The van der Waals surface area contributed by atoms with Crippen LogP contribution in [0.4, 0.5) is 27.8 Å². The number of azo groups is 1. The molecule has 3 aromatic carbocycles. The van der Waals surface area contributed by atoms with Gasteiger partial charge in [0.2, 0.25) is 5.91 Å². The van der Waals surface area contributed by atoms with Crippen molar-refractivity contribution in [3.63, 3.8) is 0 Å². The van der Waals surface area contributed by atoms with Crippen LogP contribution < -0.4 is 10.2 Å². The number of aromatic nitrogens is 1. The minimum absolute atomic E-state index is 0.0694. The third kappa shape index (κ3) is 5.65. The molecule has 0 atom stereocenters. The Kier molecular flexibility index (Phi) is 7.79. The zero-order chi connectivity index (χ0) is 29.1. The van der Waals surface area contributed by atoms with Gasteiger partial charge in [0.25, 0.3) is 17.5 Å². The average Bonchev–Trinajstić information content (AvgIpc) is 3.48. The number of nitro groups is 1. The van der Waals surface area contributed by atoms with Gasteiger partial charge in [-0.15, -0.1) is 10.2 Å². The van der Waals surface area contributed by atoms with Crippen molar-refractivity contribution in [1.29, 1.82) is 0 Å². The molecule has 3 amide bonds. The van der Waals surface area contributed by atoms with Crippen molar-refractivity contribution in [3.05, 3.63) is 81.9 Å². The number of rotatable bonds is 10. The number of hydrogen-bond acceptors (Lipinski definition) is 10. The number of fused-ring (bicyclic) bond motifs is 2. The summed E-state index contributed by atoms with van der Waals surface area (Å²) in [5, 5.41) is 23.5. The van der Waals surface area contributed by atoms with E-state index in [2.05, 4.69) is 24.8 Å². The van der Waals surface area contributed by atoms with E-state index in [1.54, 1.807) is 42.5 Å². The molecule has 0 aliphatic carbocycles. The number of nitrogens with one attached hydrogen (secondary N) is 1. The van der Waals surface area contributed by atoms with Gasteiger partial charge in [-0.05, 0) is 61.3 Å². The zero-order valence-electron chi connectivity index (χ0n) is 22.2. The first-order valence-electron chi connectivity index (χ1n) is 12.8. The van der Waals surface area contributed by atoms with Gasteiger partial charge in [0.05, 0.1) is 27.3 Å². The number of hydrogen-bond donors (Lipinski definition) is 1. The Morgan fingerprint density at radius 2 is 1.80 bits per heavy atom. The third-order valence-corrected chi connectivity index (χ3v) is 7.39. The molecule has 1 aliphatic heterocycles. The summed E-state index contributed by atoms with van der Waals surface area (Å²) in [5.41, 5.74) is 3.02. The summed E-state index contributed by atoms with van der Waals surface area (Å²) in [5.74, 6) is -0.842. The van der Waals surface area contributed by atoms with Gasteiger partial charge in [-0.25, -0.2) is 0 Å². The highest BCUT2D eigenvalue weighted by Gasteiger charge is 2.34. The molecule has 0 radical (unpaired) electrons. The second-order valence-electron chi connectivity index (χ2n) is 9.27. The number of anilines is 2. The van der Waals surface area contributed by atoms with Crippen molar-refractivity contribution in [3.8, 4) is 0 Å². The molecule has 0 unspecified atom stereocenters. The molecule has 41 heavy (non-hydrogen) atoms. The van der Waals surface area contributed by atoms with Crippen molar-refractivity contribution in [1.82, 2.24) is 9.27 Å². The fourth-order valence-corrected chi connectivity index (χ4v) is 5.31. The van der Waals surface area contributed by atoms with Crippen molar-refractivity contribution >= 4 is 67.9 Å². The molecular formula is C28H25N7O5S. The molecule has 0 bridgehead atoms. The van der Waals surface area contributed by atoms with Gasteiger partial charge < -0.3 is 10.2 Å². The lowest BCUT2D eigenvalue weighted by molar-refractivity contribution is -0.384. The van der Waals surface area contributed by atoms with Gasteiger partial charge in [-0.3, -0.25) is 29.4 Å². The Hall–Kier alpha value is -5.04. The molecule has 0 saturated heterocycles. The Morgan fingerprint density at radius 3 is 2.46 bits per heavy atom. The maximum absolute atomic E-state index is 12.7. The van der Waals surface area contributed by atoms with E-state index in [0.717, 1.165) is 17.2 Å². The Balaban J connectivity index is 1.32. The number of non-ortho nitro benzene ring substituents is 1. The normalized spacial score (nSPS) is 12.8. The largest absolute Gasteiger partial charge is 0.372 e. The molecule has 208 valence electrons. The molecule has 1 N–H and O–H groups in total. The zero-order valence-corrected chi connectivity index (χ0v) is 23.1. The van der Waals surface area contributed by atoms with E-state index in [1.807, 2.05) is 13.0 Å². The van der Waals surface area contributed by atoms with E-state index >= 15 is 0 Å². The summed E-state index contributed by atoms with van der Waals surface area (Å²) in [6.45, 7) is 4.88. The van der Waals surface area contributed by atoms with Crippen molar-refractivity contribution in [2.24, 2.45) is 10.2 Å². The lowest BCUT2D eigenvalue weighted by Gasteiger charge is -2.25.